The normalized spacial score (nSPS) is 26.6. The Morgan fingerprint density at radius 3 is 2.80 bits per heavy atom. The highest BCUT2D eigenvalue weighted by molar-refractivity contribution is 5.33. The molecule has 1 aromatic rings. The summed E-state index contributed by atoms with van der Waals surface area (Å²) in [7, 11) is 0. The SMILES string of the molecule is Cc1ccc(C)c(C2NCCCC2C)c1. The van der Waals surface area contributed by atoms with Crippen molar-refractivity contribution < 1.29 is 0 Å². The molecule has 1 aromatic carbocycles. The van der Waals surface area contributed by atoms with Crippen LogP contribution in [-0.4, -0.2) is 6.54 Å². The Kier molecular flexibility index (Phi) is 3.11. The number of hydrogen-bond donors (Lipinski definition) is 1. The van der Waals surface area contributed by atoms with Gasteiger partial charge in [0.05, 0.1) is 0 Å². The minimum atomic E-state index is 0.568. The molecule has 1 heteroatoms. The van der Waals surface area contributed by atoms with Gasteiger partial charge >= 0.3 is 0 Å². The van der Waals surface area contributed by atoms with Crippen molar-refractivity contribution in [2.45, 2.75) is 39.7 Å². The second-order valence-corrected chi connectivity index (χ2v) is 4.91. The first-order chi connectivity index (χ1) is 7.18. The lowest BCUT2D eigenvalue weighted by atomic mass is 9.85. The van der Waals surface area contributed by atoms with Gasteiger partial charge in [-0.25, -0.2) is 0 Å². The van der Waals surface area contributed by atoms with Gasteiger partial charge in [0, 0.05) is 6.04 Å². The van der Waals surface area contributed by atoms with Gasteiger partial charge in [0.25, 0.3) is 0 Å². The summed E-state index contributed by atoms with van der Waals surface area (Å²) in [6, 6.07) is 7.35. The molecule has 0 spiro atoms. The van der Waals surface area contributed by atoms with E-state index in [1.165, 1.54) is 36.1 Å². The quantitative estimate of drug-likeness (QED) is 0.738. The molecule has 0 aromatic heterocycles. The largest absolute Gasteiger partial charge is 0.310 e. The van der Waals surface area contributed by atoms with Crippen LogP contribution < -0.4 is 5.32 Å². The monoisotopic (exact) mass is 203 g/mol. The van der Waals surface area contributed by atoms with Crippen LogP contribution in [0.4, 0.5) is 0 Å². The highest BCUT2D eigenvalue weighted by atomic mass is 14.9. The van der Waals surface area contributed by atoms with Crippen molar-refractivity contribution in [3.63, 3.8) is 0 Å². The number of aryl methyl sites for hydroxylation is 2. The van der Waals surface area contributed by atoms with Gasteiger partial charge in [-0.1, -0.05) is 30.7 Å². The van der Waals surface area contributed by atoms with E-state index in [4.69, 9.17) is 0 Å². The summed E-state index contributed by atoms with van der Waals surface area (Å²) in [6.07, 6.45) is 2.67. The van der Waals surface area contributed by atoms with Crippen molar-refractivity contribution in [3.8, 4) is 0 Å². The molecule has 1 heterocycles. The molecule has 1 fully saturated rings. The first-order valence-electron chi connectivity index (χ1n) is 5.99. The second-order valence-electron chi connectivity index (χ2n) is 4.91. The summed E-state index contributed by atoms with van der Waals surface area (Å²) in [4.78, 5) is 0. The smallest absolute Gasteiger partial charge is 0.0348 e. The van der Waals surface area contributed by atoms with E-state index in [1.54, 1.807) is 0 Å². The topological polar surface area (TPSA) is 12.0 Å². The van der Waals surface area contributed by atoms with E-state index in [0.29, 0.717) is 6.04 Å². The number of hydrogen-bond acceptors (Lipinski definition) is 1. The molecule has 0 radical (unpaired) electrons. The van der Waals surface area contributed by atoms with Crippen LogP contribution >= 0.6 is 0 Å². The highest BCUT2D eigenvalue weighted by Crippen LogP contribution is 2.31. The van der Waals surface area contributed by atoms with E-state index in [2.05, 4.69) is 44.3 Å². The lowest BCUT2D eigenvalue weighted by Gasteiger charge is -2.31. The van der Waals surface area contributed by atoms with Gasteiger partial charge in [0.1, 0.15) is 0 Å². The molecule has 15 heavy (non-hydrogen) atoms. The van der Waals surface area contributed by atoms with Crippen LogP contribution in [0, 0.1) is 19.8 Å². The molecular formula is C14H21N. The van der Waals surface area contributed by atoms with E-state index in [1.807, 2.05) is 0 Å². The predicted molar refractivity (Wildman–Crippen MR) is 65.1 cm³/mol. The summed E-state index contributed by atoms with van der Waals surface area (Å²) < 4.78 is 0. The molecule has 0 aliphatic carbocycles. The van der Waals surface area contributed by atoms with Crippen molar-refractivity contribution in [2.24, 2.45) is 5.92 Å². The molecule has 1 saturated heterocycles. The molecule has 1 aliphatic heterocycles. The van der Waals surface area contributed by atoms with Crippen molar-refractivity contribution in [3.05, 3.63) is 34.9 Å². The van der Waals surface area contributed by atoms with Crippen molar-refractivity contribution in [1.82, 2.24) is 5.32 Å². The molecular weight excluding hydrogens is 182 g/mol. The fraction of sp³-hybridized carbons (Fsp3) is 0.571. The molecule has 2 unspecified atom stereocenters. The van der Waals surface area contributed by atoms with Gasteiger partial charge in [-0.15, -0.1) is 0 Å². The zero-order chi connectivity index (χ0) is 10.8. The number of nitrogens with one attached hydrogen (secondary N) is 1. The van der Waals surface area contributed by atoms with Crippen LogP contribution in [0.25, 0.3) is 0 Å². The van der Waals surface area contributed by atoms with E-state index in [0.717, 1.165) is 5.92 Å². The standard InChI is InChI=1S/C14H21N/c1-10-6-7-11(2)13(9-10)14-12(3)5-4-8-15-14/h6-7,9,12,14-15H,4-5,8H2,1-3H3. The first kappa shape index (κ1) is 10.7. The lowest BCUT2D eigenvalue weighted by molar-refractivity contribution is 0.305. The Morgan fingerprint density at radius 2 is 2.07 bits per heavy atom. The molecule has 1 nitrogen and oxygen atoms in total. The van der Waals surface area contributed by atoms with Crippen molar-refractivity contribution in [1.29, 1.82) is 0 Å². The highest BCUT2D eigenvalue weighted by Gasteiger charge is 2.23. The fourth-order valence-corrected chi connectivity index (χ4v) is 2.56. The maximum atomic E-state index is 3.65. The lowest BCUT2D eigenvalue weighted by Crippen LogP contribution is -2.33. The summed E-state index contributed by atoms with van der Waals surface area (Å²) in [6.45, 7) is 7.93. The van der Waals surface area contributed by atoms with Gasteiger partial charge in [-0.2, -0.15) is 0 Å². The fourth-order valence-electron chi connectivity index (χ4n) is 2.56. The third-order valence-corrected chi connectivity index (χ3v) is 3.54. The Hall–Kier alpha value is -0.820. The maximum absolute atomic E-state index is 3.65. The number of benzene rings is 1. The third-order valence-electron chi connectivity index (χ3n) is 3.54. The van der Waals surface area contributed by atoms with Crippen molar-refractivity contribution in [2.75, 3.05) is 6.54 Å². The van der Waals surface area contributed by atoms with Crippen molar-refractivity contribution >= 4 is 0 Å². The zero-order valence-corrected chi connectivity index (χ0v) is 10.0. The molecule has 1 aliphatic rings. The van der Waals surface area contributed by atoms with Gasteiger partial charge in [0.2, 0.25) is 0 Å². The summed E-state index contributed by atoms with van der Waals surface area (Å²) >= 11 is 0. The second kappa shape index (κ2) is 4.36. The van der Waals surface area contributed by atoms with E-state index in [9.17, 15) is 0 Å². The number of piperidine rings is 1. The van der Waals surface area contributed by atoms with Gasteiger partial charge < -0.3 is 5.32 Å². The Morgan fingerprint density at radius 1 is 1.27 bits per heavy atom. The van der Waals surface area contributed by atoms with E-state index >= 15 is 0 Å². The third kappa shape index (κ3) is 2.23. The summed E-state index contributed by atoms with van der Waals surface area (Å²) in [5.74, 6) is 0.763. The Balaban J connectivity index is 2.30. The van der Waals surface area contributed by atoms with Gasteiger partial charge in [0.15, 0.2) is 0 Å². The van der Waals surface area contributed by atoms with E-state index in [-0.39, 0.29) is 0 Å². The Bertz CT molecular complexity index is 343. The average Bonchev–Trinajstić information content (AvgIpc) is 2.23. The van der Waals surface area contributed by atoms with E-state index < -0.39 is 0 Å². The van der Waals surface area contributed by atoms with Crippen LogP contribution in [0.2, 0.25) is 0 Å². The summed E-state index contributed by atoms with van der Waals surface area (Å²) in [5, 5.41) is 3.65. The molecule has 0 bridgehead atoms. The van der Waals surface area contributed by atoms with Gasteiger partial charge in [-0.05, 0) is 50.3 Å². The van der Waals surface area contributed by atoms with Crippen LogP contribution in [0.5, 0.6) is 0 Å². The maximum Gasteiger partial charge on any atom is 0.0348 e. The van der Waals surface area contributed by atoms with Crippen LogP contribution in [-0.2, 0) is 0 Å². The predicted octanol–water partition coefficient (Wildman–Crippen LogP) is 3.36. The summed E-state index contributed by atoms with van der Waals surface area (Å²) in [5.41, 5.74) is 4.30. The molecule has 2 atom stereocenters. The molecule has 1 N–H and O–H groups in total. The van der Waals surface area contributed by atoms with Crippen LogP contribution in [0.15, 0.2) is 18.2 Å². The number of rotatable bonds is 1. The first-order valence-corrected chi connectivity index (χ1v) is 5.99. The van der Waals surface area contributed by atoms with Crippen LogP contribution in [0.1, 0.15) is 42.5 Å². The average molecular weight is 203 g/mol. The van der Waals surface area contributed by atoms with Crippen LogP contribution in [0.3, 0.4) is 0 Å². The molecule has 82 valence electrons. The molecule has 0 saturated carbocycles. The van der Waals surface area contributed by atoms with Gasteiger partial charge in [-0.3, -0.25) is 0 Å². The minimum Gasteiger partial charge on any atom is -0.310 e. The zero-order valence-electron chi connectivity index (χ0n) is 10.0. The minimum absolute atomic E-state index is 0.568. The Labute approximate surface area is 92.9 Å². The molecule has 2 rings (SSSR count). The molecule has 0 amide bonds.